The van der Waals surface area contributed by atoms with Gasteiger partial charge < -0.3 is 10.5 Å². The number of halogens is 1. The Morgan fingerprint density at radius 1 is 1.43 bits per heavy atom. The first kappa shape index (κ1) is 16.0. The van der Waals surface area contributed by atoms with Crippen LogP contribution in [0.5, 0.6) is 5.75 Å². The number of nitrogens with zero attached hydrogens (tertiary/aromatic N) is 2. The van der Waals surface area contributed by atoms with Crippen molar-refractivity contribution in [3.8, 4) is 5.75 Å². The zero-order valence-corrected chi connectivity index (χ0v) is 14.1. The monoisotopic (exact) mass is 351 g/mol. The van der Waals surface area contributed by atoms with E-state index in [9.17, 15) is 0 Å². The molecular weight excluding hydrogens is 330 g/mol. The summed E-state index contributed by atoms with van der Waals surface area (Å²) >= 11 is 3.55. The second-order valence-electron chi connectivity index (χ2n) is 5.20. The third kappa shape index (κ3) is 4.58. The van der Waals surface area contributed by atoms with E-state index in [1.54, 1.807) is 6.20 Å². The van der Waals surface area contributed by atoms with E-state index in [4.69, 9.17) is 10.5 Å². The van der Waals surface area contributed by atoms with Gasteiger partial charge >= 0.3 is 0 Å². The Bertz CT molecular complexity index is 569. The standard InChI is InChI=1S/C16H22BrN3O/c1-3-15(18)11-13-10-14(17)9-12(2)16(13)21-8-7-20-6-4-5-19-20/h4-6,9-10,15H,3,7-8,11,18H2,1-2H3. The number of ether oxygens (including phenoxy) is 1. The Morgan fingerprint density at radius 2 is 2.24 bits per heavy atom. The fourth-order valence-corrected chi connectivity index (χ4v) is 2.88. The maximum atomic E-state index is 6.09. The van der Waals surface area contributed by atoms with E-state index in [1.807, 2.05) is 16.9 Å². The minimum absolute atomic E-state index is 0.159. The van der Waals surface area contributed by atoms with E-state index in [-0.39, 0.29) is 6.04 Å². The van der Waals surface area contributed by atoms with Gasteiger partial charge in [-0.1, -0.05) is 22.9 Å². The van der Waals surface area contributed by atoms with Gasteiger partial charge in [-0.05, 0) is 49.1 Å². The summed E-state index contributed by atoms with van der Waals surface area (Å²) in [6, 6.07) is 6.25. The van der Waals surface area contributed by atoms with Crippen LogP contribution >= 0.6 is 15.9 Å². The Labute approximate surface area is 134 Å². The zero-order chi connectivity index (χ0) is 15.2. The van der Waals surface area contributed by atoms with Crippen LogP contribution in [0.2, 0.25) is 0 Å². The molecule has 1 unspecified atom stereocenters. The molecule has 0 radical (unpaired) electrons. The summed E-state index contributed by atoms with van der Waals surface area (Å²) < 4.78 is 8.94. The first-order valence-corrected chi connectivity index (χ1v) is 8.04. The highest BCUT2D eigenvalue weighted by atomic mass is 79.9. The molecular formula is C16H22BrN3O. The first-order valence-electron chi connectivity index (χ1n) is 7.25. The van der Waals surface area contributed by atoms with Crippen molar-refractivity contribution < 1.29 is 4.74 Å². The summed E-state index contributed by atoms with van der Waals surface area (Å²) in [7, 11) is 0. The van der Waals surface area contributed by atoms with Crippen LogP contribution in [0.4, 0.5) is 0 Å². The van der Waals surface area contributed by atoms with Crippen LogP contribution in [0.3, 0.4) is 0 Å². The largest absolute Gasteiger partial charge is 0.491 e. The van der Waals surface area contributed by atoms with Crippen molar-refractivity contribution in [1.29, 1.82) is 0 Å². The Balaban J connectivity index is 2.08. The van der Waals surface area contributed by atoms with Crippen LogP contribution in [0, 0.1) is 6.92 Å². The fourth-order valence-electron chi connectivity index (χ4n) is 2.26. The molecule has 0 saturated carbocycles. The normalized spacial score (nSPS) is 12.4. The van der Waals surface area contributed by atoms with E-state index in [1.165, 1.54) is 0 Å². The van der Waals surface area contributed by atoms with Crippen molar-refractivity contribution in [2.24, 2.45) is 5.73 Å². The van der Waals surface area contributed by atoms with Gasteiger partial charge in [-0.25, -0.2) is 0 Å². The number of rotatable bonds is 7. The molecule has 1 heterocycles. The highest BCUT2D eigenvalue weighted by Gasteiger charge is 2.12. The van der Waals surface area contributed by atoms with E-state index in [0.29, 0.717) is 6.61 Å². The van der Waals surface area contributed by atoms with Crippen LogP contribution in [0.25, 0.3) is 0 Å². The van der Waals surface area contributed by atoms with Gasteiger partial charge in [-0.2, -0.15) is 5.10 Å². The number of benzene rings is 1. The van der Waals surface area contributed by atoms with E-state index in [0.717, 1.165) is 40.7 Å². The number of hydrogen-bond acceptors (Lipinski definition) is 3. The van der Waals surface area contributed by atoms with Crippen LogP contribution in [-0.2, 0) is 13.0 Å². The summed E-state index contributed by atoms with van der Waals surface area (Å²) in [5, 5.41) is 4.18. The molecule has 114 valence electrons. The maximum Gasteiger partial charge on any atom is 0.125 e. The predicted octanol–water partition coefficient (Wildman–Crippen LogP) is 3.31. The Hall–Kier alpha value is -1.33. The average molecular weight is 352 g/mol. The molecule has 0 bridgehead atoms. The van der Waals surface area contributed by atoms with E-state index < -0.39 is 0 Å². The second kappa shape index (κ2) is 7.61. The highest BCUT2D eigenvalue weighted by Crippen LogP contribution is 2.29. The summed E-state index contributed by atoms with van der Waals surface area (Å²) in [6.45, 7) is 5.50. The van der Waals surface area contributed by atoms with Crippen molar-refractivity contribution >= 4 is 15.9 Å². The first-order chi connectivity index (χ1) is 10.1. The zero-order valence-electron chi connectivity index (χ0n) is 12.6. The molecule has 1 aromatic carbocycles. The Morgan fingerprint density at radius 3 is 2.90 bits per heavy atom. The number of hydrogen-bond donors (Lipinski definition) is 1. The molecule has 4 nitrogen and oxygen atoms in total. The molecule has 2 N–H and O–H groups in total. The van der Waals surface area contributed by atoms with Crippen LogP contribution in [0.15, 0.2) is 35.1 Å². The molecule has 1 atom stereocenters. The molecule has 0 aliphatic carbocycles. The van der Waals surface area contributed by atoms with Gasteiger partial charge in [0.15, 0.2) is 0 Å². The summed E-state index contributed by atoms with van der Waals surface area (Å²) in [5.41, 5.74) is 8.39. The van der Waals surface area contributed by atoms with Crippen LogP contribution in [0.1, 0.15) is 24.5 Å². The molecule has 0 fully saturated rings. The van der Waals surface area contributed by atoms with Gasteiger partial charge in [0.05, 0.1) is 6.54 Å². The molecule has 0 aliphatic heterocycles. The number of aromatic nitrogens is 2. The predicted molar refractivity (Wildman–Crippen MR) is 88.6 cm³/mol. The molecule has 1 aromatic heterocycles. The summed E-state index contributed by atoms with van der Waals surface area (Å²) in [4.78, 5) is 0. The number of aryl methyl sites for hydroxylation is 1. The summed E-state index contributed by atoms with van der Waals surface area (Å²) in [5.74, 6) is 0.953. The van der Waals surface area contributed by atoms with Crippen LogP contribution in [-0.4, -0.2) is 22.4 Å². The lowest BCUT2D eigenvalue weighted by atomic mass is 10.0. The molecule has 0 spiro atoms. The van der Waals surface area contributed by atoms with Gasteiger partial charge in [0.25, 0.3) is 0 Å². The van der Waals surface area contributed by atoms with Crippen LogP contribution < -0.4 is 10.5 Å². The minimum Gasteiger partial charge on any atom is -0.491 e. The second-order valence-corrected chi connectivity index (χ2v) is 6.12. The third-order valence-corrected chi connectivity index (χ3v) is 3.91. The van der Waals surface area contributed by atoms with Gasteiger partial charge in [-0.15, -0.1) is 0 Å². The topological polar surface area (TPSA) is 53.1 Å². The summed E-state index contributed by atoms with van der Waals surface area (Å²) in [6.07, 6.45) is 5.49. The number of nitrogens with two attached hydrogens (primary N) is 1. The minimum atomic E-state index is 0.159. The SMILES string of the molecule is CCC(N)Cc1cc(Br)cc(C)c1OCCn1cccn1. The van der Waals surface area contributed by atoms with Crippen molar-refractivity contribution in [2.45, 2.75) is 39.3 Å². The van der Waals surface area contributed by atoms with Crippen molar-refractivity contribution in [3.63, 3.8) is 0 Å². The molecule has 0 aliphatic rings. The smallest absolute Gasteiger partial charge is 0.125 e. The lowest BCUT2D eigenvalue weighted by Gasteiger charge is -2.17. The van der Waals surface area contributed by atoms with Crippen molar-refractivity contribution in [2.75, 3.05) is 6.61 Å². The molecule has 0 amide bonds. The van der Waals surface area contributed by atoms with Gasteiger partial charge in [0, 0.05) is 22.9 Å². The quantitative estimate of drug-likeness (QED) is 0.832. The lowest BCUT2D eigenvalue weighted by molar-refractivity contribution is 0.286. The fraction of sp³-hybridized carbons (Fsp3) is 0.438. The molecule has 0 saturated heterocycles. The van der Waals surface area contributed by atoms with Crippen molar-refractivity contribution in [3.05, 3.63) is 46.2 Å². The van der Waals surface area contributed by atoms with E-state index in [2.05, 4.69) is 47.0 Å². The average Bonchev–Trinajstić information content (AvgIpc) is 2.94. The Kier molecular flexibility index (Phi) is 5.82. The molecule has 2 aromatic rings. The maximum absolute atomic E-state index is 6.09. The van der Waals surface area contributed by atoms with Crippen molar-refractivity contribution in [1.82, 2.24) is 9.78 Å². The molecule has 2 rings (SSSR count). The van der Waals surface area contributed by atoms with Gasteiger partial charge in [-0.3, -0.25) is 4.68 Å². The lowest BCUT2D eigenvalue weighted by Crippen LogP contribution is -2.22. The van der Waals surface area contributed by atoms with E-state index >= 15 is 0 Å². The third-order valence-electron chi connectivity index (χ3n) is 3.45. The van der Waals surface area contributed by atoms with Gasteiger partial charge in [0.1, 0.15) is 12.4 Å². The highest BCUT2D eigenvalue weighted by molar-refractivity contribution is 9.10. The molecule has 21 heavy (non-hydrogen) atoms. The molecule has 5 heteroatoms. The van der Waals surface area contributed by atoms with Gasteiger partial charge in [0.2, 0.25) is 0 Å².